The lowest BCUT2D eigenvalue weighted by atomic mass is 9.97. The van der Waals surface area contributed by atoms with Crippen molar-refractivity contribution in [2.45, 2.75) is 40.3 Å². The van der Waals surface area contributed by atoms with Crippen molar-refractivity contribution in [3.8, 4) is 5.75 Å². The molecule has 1 heterocycles. The molecule has 0 aliphatic rings. The molecule has 14 heavy (non-hydrogen) atoms. The molecule has 1 aromatic heterocycles. The summed E-state index contributed by atoms with van der Waals surface area (Å²) in [6.45, 7) is 8.95. The van der Waals surface area contributed by atoms with Gasteiger partial charge in [0.1, 0.15) is 5.69 Å². The van der Waals surface area contributed by atoms with E-state index in [0.29, 0.717) is 5.69 Å². The van der Waals surface area contributed by atoms with E-state index in [1.54, 1.807) is 10.9 Å². The molecule has 0 bridgehead atoms. The van der Waals surface area contributed by atoms with Crippen LogP contribution in [0.3, 0.4) is 0 Å². The number of nitrogens with two attached hydrogens (primary N) is 1. The van der Waals surface area contributed by atoms with Crippen LogP contribution in [0.2, 0.25) is 0 Å². The van der Waals surface area contributed by atoms with Crippen LogP contribution in [0.5, 0.6) is 5.75 Å². The van der Waals surface area contributed by atoms with Gasteiger partial charge >= 0.3 is 0 Å². The monoisotopic (exact) mass is 197 g/mol. The molecule has 0 fully saturated rings. The first-order valence-corrected chi connectivity index (χ1v) is 4.81. The smallest absolute Gasteiger partial charge is 0.158 e. The zero-order valence-corrected chi connectivity index (χ0v) is 9.28. The quantitative estimate of drug-likeness (QED) is 0.757. The van der Waals surface area contributed by atoms with E-state index in [-0.39, 0.29) is 17.2 Å². The van der Waals surface area contributed by atoms with E-state index in [1.165, 1.54) is 0 Å². The van der Waals surface area contributed by atoms with Crippen LogP contribution in [-0.4, -0.2) is 14.9 Å². The SMILES string of the molecule is CC(N)c1nn(CC(C)(C)C)cc1O. The number of hydrogen-bond donors (Lipinski definition) is 2. The molecular formula is C10H19N3O. The van der Waals surface area contributed by atoms with Crippen LogP contribution in [0, 0.1) is 5.41 Å². The average Bonchev–Trinajstić information content (AvgIpc) is 2.26. The molecule has 0 radical (unpaired) electrons. The van der Waals surface area contributed by atoms with Crippen LogP contribution >= 0.6 is 0 Å². The number of nitrogens with zero attached hydrogens (tertiary/aromatic N) is 2. The Kier molecular flexibility index (Phi) is 2.85. The van der Waals surface area contributed by atoms with Crippen LogP contribution < -0.4 is 5.73 Å². The van der Waals surface area contributed by atoms with Crippen molar-refractivity contribution < 1.29 is 5.11 Å². The molecule has 1 aromatic rings. The second-order valence-corrected chi connectivity index (χ2v) is 4.95. The highest BCUT2D eigenvalue weighted by atomic mass is 16.3. The van der Waals surface area contributed by atoms with Crippen molar-refractivity contribution in [3.05, 3.63) is 11.9 Å². The average molecular weight is 197 g/mol. The van der Waals surface area contributed by atoms with Gasteiger partial charge in [-0.15, -0.1) is 0 Å². The normalized spacial score (nSPS) is 14.4. The van der Waals surface area contributed by atoms with Crippen molar-refractivity contribution in [1.82, 2.24) is 9.78 Å². The highest BCUT2D eigenvalue weighted by Crippen LogP contribution is 2.23. The Morgan fingerprint density at radius 2 is 2.14 bits per heavy atom. The molecule has 1 rings (SSSR count). The summed E-state index contributed by atoms with van der Waals surface area (Å²) in [5.74, 6) is 0.184. The van der Waals surface area contributed by atoms with E-state index in [4.69, 9.17) is 5.73 Å². The van der Waals surface area contributed by atoms with Crippen molar-refractivity contribution in [2.24, 2.45) is 11.1 Å². The fraction of sp³-hybridized carbons (Fsp3) is 0.700. The van der Waals surface area contributed by atoms with E-state index >= 15 is 0 Å². The number of rotatable bonds is 2. The molecular weight excluding hydrogens is 178 g/mol. The first kappa shape index (κ1) is 11.0. The van der Waals surface area contributed by atoms with E-state index < -0.39 is 0 Å². The zero-order valence-electron chi connectivity index (χ0n) is 9.28. The van der Waals surface area contributed by atoms with Gasteiger partial charge in [0.15, 0.2) is 5.75 Å². The molecule has 0 saturated carbocycles. The van der Waals surface area contributed by atoms with Gasteiger partial charge < -0.3 is 10.8 Å². The Balaban J connectivity index is 2.86. The predicted octanol–water partition coefficient (Wildman–Crippen LogP) is 1.65. The summed E-state index contributed by atoms with van der Waals surface area (Å²) >= 11 is 0. The van der Waals surface area contributed by atoms with Crippen molar-refractivity contribution in [3.63, 3.8) is 0 Å². The minimum absolute atomic E-state index is 0.146. The van der Waals surface area contributed by atoms with Crippen LogP contribution in [0.15, 0.2) is 6.20 Å². The van der Waals surface area contributed by atoms with Crippen molar-refractivity contribution >= 4 is 0 Å². The molecule has 1 atom stereocenters. The van der Waals surface area contributed by atoms with E-state index in [1.807, 2.05) is 6.92 Å². The maximum absolute atomic E-state index is 9.54. The topological polar surface area (TPSA) is 64.1 Å². The molecule has 3 N–H and O–H groups in total. The van der Waals surface area contributed by atoms with Gasteiger partial charge in [0.05, 0.1) is 6.20 Å². The summed E-state index contributed by atoms with van der Waals surface area (Å²) in [6.07, 6.45) is 1.63. The van der Waals surface area contributed by atoms with Crippen LogP contribution in [0.25, 0.3) is 0 Å². The Morgan fingerprint density at radius 1 is 1.57 bits per heavy atom. The standard InChI is InChI=1S/C10H19N3O/c1-7(11)9-8(14)5-13(12-9)6-10(2,3)4/h5,7,14H,6,11H2,1-4H3. The summed E-state index contributed by atoms with van der Waals surface area (Å²) in [7, 11) is 0. The van der Waals surface area contributed by atoms with Gasteiger partial charge in [-0.1, -0.05) is 20.8 Å². The van der Waals surface area contributed by atoms with E-state index in [2.05, 4.69) is 25.9 Å². The Hall–Kier alpha value is -1.03. The summed E-state index contributed by atoms with van der Waals surface area (Å²) in [5.41, 5.74) is 6.37. The van der Waals surface area contributed by atoms with Gasteiger partial charge in [0, 0.05) is 12.6 Å². The van der Waals surface area contributed by atoms with E-state index in [9.17, 15) is 5.11 Å². The molecule has 0 saturated heterocycles. The van der Waals surface area contributed by atoms with Gasteiger partial charge in [0.25, 0.3) is 0 Å². The summed E-state index contributed by atoms with van der Waals surface area (Å²) in [6, 6.07) is -0.226. The van der Waals surface area contributed by atoms with Crippen LogP contribution in [0.1, 0.15) is 39.4 Å². The fourth-order valence-electron chi connectivity index (χ4n) is 1.32. The second kappa shape index (κ2) is 3.61. The molecule has 0 aromatic carbocycles. The van der Waals surface area contributed by atoms with Gasteiger partial charge in [-0.25, -0.2) is 0 Å². The third-order valence-corrected chi connectivity index (χ3v) is 1.84. The van der Waals surface area contributed by atoms with Gasteiger partial charge in [-0.3, -0.25) is 4.68 Å². The molecule has 0 aliphatic heterocycles. The van der Waals surface area contributed by atoms with Crippen molar-refractivity contribution in [1.29, 1.82) is 0 Å². The lowest BCUT2D eigenvalue weighted by Crippen LogP contribution is -2.16. The number of aromatic hydroxyl groups is 1. The maximum atomic E-state index is 9.54. The molecule has 0 amide bonds. The zero-order chi connectivity index (χ0) is 10.9. The summed E-state index contributed by atoms with van der Waals surface area (Å²) in [4.78, 5) is 0. The summed E-state index contributed by atoms with van der Waals surface area (Å²) in [5, 5.41) is 13.8. The first-order chi connectivity index (χ1) is 6.29. The van der Waals surface area contributed by atoms with E-state index in [0.717, 1.165) is 6.54 Å². The van der Waals surface area contributed by atoms with Crippen LogP contribution in [-0.2, 0) is 6.54 Å². The van der Waals surface area contributed by atoms with Crippen molar-refractivity contribution in [2.75, 3.05) is 0 Å². The molecule has 80 valence electrons. The fourth-order valence-corrected chi connectivity index (χ4v) is 1.32. The highest BCUT2D eigenvalue weighted by Gasteiger charge is 2.16. The molecule has 4 nitrogen and oxygen atoms in total. The summed E-state index contributed by atoms with van der Waals surface area (Å²) < 4.78 is 1.74. The minimum Gasteiger partial charge on any atom is -0.504 e. The largest absolute Gasteiger partial charge is 0.504 e. The predicted molar refractivity (Wildman–Crippen MR) is 55.9 cm³/mol. The molecule has 4 heteroatoms. The Bertz CT molecular complexity index is 310. The highest BCUT2D eigenvalue weighted by molar-refractivity contribution is 5.25. The molecule has 0 spiro atoms. The lowest BCUT2D eigenvalue weighted by Gasteiger charge is -2.17. The molecule has 0 aliphatic carbocycles. The third kappa shape index (κ3) is 2.73. The number of aromatic nitrogens is 2. The Morgan fingerprint density at radius 3 is 2.50 bits per heavy atom. The minimum atomic E-state index is -0.226. The van der Waals surface area contributed by atoms with Crippen LogP contribution in [0.4, 0.5) is 0 Å². The maximum Gasteiger partial charge on any atom is 0.158 e. The number of hydrogen-bond acceptors (Lipinski definition) is 3. The first-order valence-electron chi connectivity index (χ1n) is 4.81. The molecule has 1 unspecified atom stereocenters. The van der Waals surface area contributed by atoms with Gasteiger partial charge in [-0.2, -0.15) is 5.10 Å². The lowest BCUT2D eigenvalue weighted by molar-refractivity contribution is 0.323. The third-order valence-electron chi connectivity index (χ3n) is 1.84. The Labute approximate surface area is 84.7 Å². The van der Waals surface area contributed by atoms with Gasteiger partial charge in [0.2, 0.25) is 0 Å². The second-order valence-electron chi connectivity index (χ2n) is 4.95. The van der Waals surface area contributed by atoms with Gasteiger partial charge in [-0.05, 0) is 12.3 Å².